The predicted octanol–water partition coefficient (Wildman–Crippen LogP) is 0.722. The lowest BCUT2D eigenvalue weighted by atomic mass is 10.3. The Labute approximate surface area is 75.7 Å². The molecule has 1 amide bonds. The van der Waals surface area contributed by atoms with E-state index < -0.39 is 5.91 Å². The van der Waals surface area contributed by atoms with Crippen LogP contribution in [-0.4, -0.2) is 17.0 Å². The fraction of sp³-hybridized carbons (Fsp3) is 0.333. The molecule has 1 aromatic heterocycles. The topological polar surface area (TPSA) is 65.2 Å². The molecule has 0 atom stereocenters. The van der Waals surface area contributed by atoms with E-state index in [0.717, 1.165) is 12.8 Å². The van der Waals surface area contributed by atoms with Crippen molar-refractivity contribution < 1.29 is 9.53 Å². The standard InChI is InChI=1S/C9H10N2O2/c10-9(12)8-7(2-1-5-11-8)13-6-3-4-6/h1-2,5-6H,3-4H2,(H2,10,12). The summed E-state index contributed by atoms with van der Waals surface area (Å²) < 4.78 is 5.45. The number of nitrogens with two attached hydrogens (primary N) is 1. The number of pyridine rings is 1. The molecule has 0 saturated heterocycles. The number of nitrogens with zero attached hydrogens (tertiary/aromatic N) is 1. The summed E-state index contributed by atoms with van der Waals surface area (Å²) in [6, 6.07) is 3.44. The highest BCUT2D eigenvalue weighted by Gasteiger charge is 2.25. The number of rotatable bonds is 3. The van der Waals surface area contributed by atoms with Gasteiger partial charge in [0.1, 0.15) is 0 Å². The highest BCUT2D eigenvalue weighted by atomic mass is 16.5. The fourth-order valence-electron chi connectivity index (χ4n) is 1.04. The van der Waals surface area contributed by atoms with Crippen LogP contribution in [0.1, 0.15) is 23.3 Å². The van der Waals surface area contributed by atoms with E-state index in [2.05, 4.69) is 4.98 Å². The predicted molar refractivity (Wildman–Crippen MR) is 46.4 cm³/mol. The number of carbonyl (C=O) groups excluding carboxylic acids is 1. The van der Waals surface area contributed by atoms with Gasteiger partial charge in [-0.3, -0.25) is 4.79 Å². The fourth-order valence-corrected chi connectivity index (χ4v) is 1.04. The van der Waals surface area contributed by atoms with Gasteiger partial charge in [0.05, 0.1) is 6.10 Å². The molecule has 4 nitrogen and oxygen atoms in total. The third kappa shape index (κ3) is 1.77. The average Bonchev–Trinajstić information content (AvgIpc) is 2.89. The molecule has 1 saturated carbocycles. The number of carbonyl (C=O) groups is 1. The van der Waals surface area contributed by atoms with Gasteiger partial charge in [0.15, 0.2) is 11.4 Å². The van der Waals surface area contributed by atoms with Crippen LogP contribution in [-0.2, 0) is 0 Å². The first-order valence-corrected chi connectivity index (χ1v) is 4.19. The van der Waals surface area contributed by atoms with Crippen LogP contribution in [0.5, 0.6) is 5.75 Å². The number of hydrogen-bond donors (Lipinski definition) is 1. The summed E-state index contributed by atoms with van der Waals surface area (Å²) >= 11 is 0. The summed E-state index contributed by atoms with van der Waals surface area (Å²) in [5.74, 6) is -0.0475. The molecule has 4 heteroatoms. The van der Waals surface area contributed by atoms with Crippen molar-refractivity contribution in [2.24, 2.45) is 5.73 Å². The second-order valence-electron chi connectivity index (χ2n) is 3.03. The lowest BCUT2D eigenvalue weighted by Crippen LogP contribution is -2.15. The third-order valence-corrected chi connectivity index (χ3v) is 1.82. The number of primary amides is 1. The zero-order valence-electron chi connectivity index (χ0n) is 7.06. The Morgan fingerprint density at radius 1 is 1.62 bits per heavy atom. The first kappa shape index (κ1) is 8.04. The van der Waals surface area contributed by atoms with Crippen molar-refractivity contribution >= 4 is 5.91 Å². The average molecular weight is 178 g/mol. The molecule has 1 fully saturated rings. The van der Waals surface area contributed by atoms with Crippen LogP contribution < -0.4 is 10.5 Å². The quantitative estimate of drug-likeness (QED) is 0.741. The molecule has 1 aliphatic carbocycles. The summed E-state index contributed by atoms with van der Waals surface area (Å²) in [5.41, 5.74) is 5.35. The van der Waals surface area contributed by atoms with Gasteiger partial charge >= 0.3 is 0 Å². The molecule has 2 rings (SSSR count). The zero-order valence-corrected chi connectivity index (χ0v) is 7.06. The Morgan fingerprint density at radius 3 is 3.00 bits per heavy atom. The van der Waals surface area contributed by atoms with Gasteiger partial charge in [0.2, 0.25) is 0 Å². The molecule has 0 unspecified atom stereocenters. The number of amides is 1. The zero-order chi connectivity index (χ0) is 9.26. The van der Waals surface area contributed by atoms with Crippen LogP contribution in [0.15, 0.2) is 18.3 Å². The molecular formula is C9H10N2O2. The van der Waals surface area contributed by atoms with E-state index >= 15 is 0 Å². The van der Waals surface area contributed by atoms with Gasteiger partial charge < -0.3 is 10.5 Å². The molecule has 0 aliphatic heterocycles. The van der Waals surface area contributed by atoms with Crippen LogP contribution in [0, 0.1) is 0 Å². The molecule has 2 N–H and O–H groups in total. The van der Waals surface area contributed by atoms with E-state index in [-0.39, 0.29) is 11.8 Å². The van der Waals surface area contributed by atoms with Crippen LogP contribution in [0.2, 0.25) is 0 Å². The number of aromatic nitrogens is 1. The maximum absolute atomic E-state index is 10.9. The van der Waals surface area contributed by atoms with Crippen molar-refractivity contribution in [1.29, 1.82) is 0 Å². The highest BCUT2D eigenvalue weighted by Crippen LogP contribution is 2.27. The smallest absolute Gasteiger partial charge is 0.271 e. The van der Waals surface area contributed by atoms with Crippen LogP contribution in [0.25, 0.3) is 0 Å². The third-order valence-electron chi connectivity index (χ3n) is 1.82. The largest absolute Gasteiger partial charge is 0.488 e. The summed E-state index contributed by atoms with van der Waals surface area (Å²) in [4.78, 5) is 14.8. The van der Waals surface area contributed by atoms with Crippen molar-refractivity contribution in [1.82, 2.24) is 4.98 Å². The van der Waals surface area contributed by atoms with Gasteiger partial charge in [0.25, 0.3) is 5.91 Å². The Morgan fingerprint density at radius 2 is 2.38 bits per heavy atom. The van der Waals surface area contributed by atoms with Crippen molar-refractivity contribution in [3.05, 3.63) is 24.0 Å². The monoisotopic (exact) mass is 178 g/mol. The van der Waals surface area contributed by atoms with Crippen LogP contribution >= 0.6 is 0 Å². The Bertz CT molecular complexity index is 334. The number of ether oxygens (including phenoxy) is 1. The maximum Gasteiger partial charge on any atom is 0.271 e. The van der Waals surface area contributed by atoms with Gasteiger partial charge in [-0.1, -0.05) is 0 Å². The Kier molecular flexibility index (Phi) is 1.88. The van der Waals surface area contributed by atoms with Crippen LogP contribution in [0.3, 0.4) is 0 Å². The van der Waals surface area contributed by atoms with E-state index in [1.165, 1.54) is 6.20 Å². The molecule has 0 spiro atoms. The first-order valence-electron chi connectivity index (χ1n) is 4.19. The van der Waals surface area contributed by atoms with Gasteiger partial charge in [-0.05, 0) is 25.0 Å². The highest BCUT2D eigenvalue weighted by molar-refractivity contribution is 5.93. The Hall–Kier alpha value is -1.58. The van der Waals surface area contributed by atoms with Gasteiger partial charge in [-0.25, -0.2) is 4.98 Å². The second-order valence-corrected chi connectivity index (χ2v) is 3.03. The maximum atomic E-state index is 10.9. The van der Waals surface area contributed by atoms with Gasteiger partial charge in [0, 0.05) is 6.20 Å². The molecular weight excluding hydrogens is 168 g/mol. The molecule has 13 heavy (non-hydrogen) atoms. The summed E-state index contributed by atoms with van der Waals surface area (Å²) in [7, 11) is 0. The van der Waals surface area contributed by atoms with Crippen LogP contribution in [0.4, 0.5) is 0 Å². The Balaban J connectivity index is 2.25. The minimum Gasteiger partial charge on any atom is -0.488 e. The molecule has 0 aromatic carbocycles. The van der Waals surface area contributed by atoms with E-state index in [1.54, 1.807) is 12.1 Å². The number of hydrogen-bond acceptors (Lipinski definition) is 3. The molecule has 68 valence electrons. The second kappa shape index (κ2) is 3.05. The molecule has 0 radical (unpaired) electrons. The molecule has 1 heterocycles. The molecule has 0 bridgehead atoms. The van der Waals surface area contributed by atoms with Gasteiger partial charge in [-0.2, -0.15) is 0 Å². The summed E-state index contributed by atoms with van der Waals surface area (Å²) in [5, 5.41) is 0. The lowest BCUT2D eigenvalue weighted by Gasteiger charge is -2.06. The van der Waals surface area contributed by atoms with Gasteiger partial charge in [-0.15, -0.1) is 0 Å². The minimum atomic E-state index is -0.545. The van der Waals surface area contributed by atoms with E-state index in [0.29, 0.717) is 5.75 Å². The van der Waals surface area contributed by atoms with Crippen molar-refractivity contribution in [3.63, 3.8) is 0 Å². The lowest BCUT2D eigenvalue weighted by molar-refractivity contribution is 0.0991. The SMILES string of the molecule is NC(=O)c1ncccc1OC1CC1. The van der Waals surface area contributed by atoms with E-state index in [4.69, 9.17) is 10.5 Å². The minimum absolute atomic E-state index is 0.217. The first-order chi connectivity index (χ1) is 6.27. The summed E-state index contributed by atoms with van der Waals surface area (Å²) in [6.07, 6.45) is 3.88. The van der Waals surface area contributed by atoms with Crippen molar-refractivity contribution in [2.75, 3.05) is 0 Å². The van der Waals surface area contributed by atoms with E-state index in [9.17, 15) is 4.79 Å². The van der Waals surface area contributed by atoms with E-state index in [1.807, 2.05) is 0 Å². The summed E-state index contributed by atoms with van der Waals surface area (Å²) in [6.45, 7) is 0. The normalized spacial score (nSPS) is 15.4. The van der Waals surface area contributed by atoms with Crippen molar-refractivity contribution in [3.8, 4) is 5.75 Å². The van der Waals surface area contributed by atoms with Crippen molar-refractivity contribution in [2.45, 2.75) is 18.9 Å². The molecule has 1 aromatic rings. The molecule has 1 aliphatic rings.